The summed E-state index contributed by atoms with van der Waals surface area (Å²) in [4.78, 5) is 14.9. The van der Waals surface area contributed by atoms with E-state index in [1.807, 2.05) is 12.1 Å². The van der Waals surface area contributed by atoms with Crippen molar-refractivity contribution in [1.82, 2.24) is 0 Å². The highest BCUT2D eigenvalue weighted by Gasteiger charge is 2.08. The van der Waals surface area contributed by atoms with Crippen LogP contribution in [0, 0.1) is 0 Å². The molecule has 1 aromatic rings. The third-order valence-electron chi connectivity index (χ3n) is 2.54. The second-order valence-electron chi connectivity index (χ2n) is 4.41. The number of nitrogens with zero attached hydrogens (tertiary/aromatic N) is 1. The minimum atomic E-state index is -0.367. The van der Waals surface area contributed by atoms with Crippen LogP contribution in [0.15, 0.2) is 35.8 Å². The molecular weight excluding hydrogens is 270 g/mol. The molecule has 0 atom stereocenters. The fourth-order valence-electron chi connectivity index (χ4n) is 1.65. The van der Waals surface area contributed by atoms with Gasteiger partial charge in [0.1, 0.15) is 5.75 Å². The van der Waals surface area contributed by atoms with Crippen LogP contribution >= 0.6 is 0 Å². The molecule has 6 heteroatoms. The van der Waals surface area contributed by atoms with Gasteiger partial charge in [-0.3, -0.25) is 9.79 Å². The Morgan fingerprint density at radius 2 is 2.05 bits per heavy atom. The van der Waals surface area contributed by atoms with Gasteiger partial charge in [0.25, 0.3) is 0 Å². The van der Waals surface area contributed by atoms with E-state index in [-0.39, 0.29) is 11.9 Å². The molecular formula is C15H21N3O3. The second-order valence-corrected chi connectivity index (χ2v) is 4.41. The summed E-state index contributed by atoms with van der Waals surface area (Å²) in [6.45, 7) is 6.71. The molecule has 0 radical (unpaired) electrons. The van der Waals surface area contributed by atoms with Gasteiger partial charge in [0, 0.05) is 25.6 Å². The van der Waals surface area contributed by atoms with Crippen molar-refractivity contribution in [3.63, 3.8) is 0 Å². The van der Waals surface area contributed by atoms with Gasteiger partial charge in [-0.05, 0) is 18.1 Å². The van der Waals surface area contributed by atoms with Gasteiger partial charge in [0.05, 0.1) is 6.61 Å². The summed E-state index contributed by atoms with van der Waals surface area (Å²) in [5.74, 6) is 0.197. The molecule has 114 valence electrons. The number of nitrogens with two attached hydrogens (primary N) is 2. The molecule has 0 amide bonds. The van der Waals surface area contributed by atoms with Crippen LogP contribution in [-0.2, 0) is 9.53 Å². The van der Waals surface area contributed by atoms with Crippen LogP contribution in [0.25, 0.3) is 5.57 Å². The first-order valence-corrected chi connectivity index (χ1v) is 6.59. The molecule has 6 nitrogen and oxygen atoms in total. The van der Waals surface area contributed by atoms with Crippen LogP contribution in [0.1, 0.15) is 18.9 Å². The van der Waals surface area contributed by atoms with Gasteiger partial charge >= 0.3 is 5.97 Å². The zero-order valence-electron chi connectivity index (χ0n) is 12.2. The van der Waals surface area contributed by atoms with Crippen LogP contribution < -0.4 is 16.2 Å². The summed E-state index contributed by atoms with van der Waals surface area (Å²) in [6, 6.07) is 7.21. The Bertz CT molecular complexity index is 523. The number of hydrogen-bond donors (Lipinski definition) is 2. The van der Waals surface area contributed by atoms with Crippen molar-refractivity contribution >= 4 is 17.5 Å². The predicted molar refractivity (Wildman–Crippen MR) is 82.9 cm³/mol. The largest absolute Gasteiger partial charge is 0.426 e. The third-order valence-corrected chi connectivity index (χ3v) is 2.54. The lowest BCUT2D eigenvalue weighted by atomic mass is 10.1. The first-order chi connectivity index (χ1) is 10.0. The van der Waals surface area contributed by atoms with Gasteiger partial charge in [0.15, 0.2) is 5.96 Å². The number of ether oxygens (including phenoxy) is 2. The Morgan fingerprint density at radius 3 is 2.71 bits per heavy atom. The molecule has 4 N–H and O–H groups in total. The maximum atomic E-state index is 11.1. The van der Waals surface area contributed by atoms with Crippen LogP contribution in [-0.4, -0.2) is 31.7 Å². The molecule has 0 aliphatic carbocycles. The molecule has 0 spiro atoms. The second kappa shape index (κ2) is 8.76. The van der Waals surface area contributed by atoms with E-state index in [2.05, 4.69) is 11.6 Å². The fourth-order valence-corrected chi connectivity index (χ4v) is 1.65. The summed E-state index contributed by atoms with van der Waals surface area (Å²) in [5.41, 5.74) is 11.9. The zero-order valence-corrected chi connectivity index (χ0v) is 12.2. The highest BCUT2D eigenvalue weighted by molar-refractivity contribution is 5.76. The maximum absolute atomic E-state index is 11.1. The topological polar surface area (TPSA) is 99.9 Å². The summed E-state index contributed by atoms with van der Waals surface area (Å²) in [6.07, 6.45) is 0.719. The smallest absolute Gasteiger partial charge is 0.308 e. The number of para-hydroxylation sites is 1. The van der Waals surface area contributed by atoms with E-state index in [4.69, 9.17) is 20.9 Å². The molecule has 1 aromatic carbocycles. The van der Waals surface area contributed by atoms with Crippen molar-refractivity contribution in [2.75, 3.05) is 19.8 Å². The lowest BCUT2D eigenvalue weighted by molar-refractivity contribution is -0.131. The van der Waals surface area contributed by atoms with E-state index in [0.717, 1.165) is 17.6 Å². The average molecular weight is 291 g/mol. The van der Waals surface area contributed by atoms with Gasteiger partial charge in [-0.25, -0.2) is 0 Å². The molecule has 0 aliphatic heterocycles. The SMILES string of the molecule is C=C(COCCCN=C(N)N)c1ccccc1OC(C)=O. The standard InChI is InChI=1S/C15H21N3O3/c1-11(10-20-9-5-8-18-15(16)17)13-6-3-4-7-14(13)21-12(2)19/h3-4,6-7H,1,5,8-10H2,2H3,(H4,16,17,18). The molecule has 0 saturated heterocycles. The summed E-state index contributed by atoms with van der Waals surface area (Å²) >= 11 is 0. The van der Waals surface area contributed by atoms with Crippen molar-refractivity contribution < 1.29 is 14.3 Å². The number of carbonyl (C=O) groups excluding carboxylic acids is 1. The zero-order chi connectivity index (χ0) is 15.7. The number of rotatable bonds is 8. The summed E-state index contributed by atoms with van der Waals surface area (Å²) in [7, 11) is 0. The van der Waals surface area contributed by atoms with Crippen molar-refractivity contribution in [1.29, 1.82) is 0 Å². The molecule has 0 aromatic heterocycles. The van der Waals surface area contributed by atoms with Gasteiger partial charge in [-0.2, -0.15) is 0 Å². The molecule has 0 heterocycles. The Hall–Kier alpha value is -2.34. The summed E-state index contributed by atoms with van der Waals surface area (Å²) < 4.78 is 10.6. The van der Waals surface area contributed by atoms with E-state index < -0.39 is 0 Å². The van der Waals surface area contributed by atoms with Gasteiger partial charge < -0.3 is 20.9 Å². The molecule has 1 rings (SSSR count). The highest BCUT2D eigenvalue weighted by Crippen LogP contribution is 2.25. The minimum Gasteiger partial charge on any atom is -0.426 e. The van der Waals surface area contributed by atoms with Crippen LogP contribution in [0.4, 0.5) is 0 Å². The van der Waals surface area contributed by atoms with Gasteiger partial charge in [-0.1, -0.05) is 24.8 Å². The average Bonchev–Trinajstić information content (AvgIpc) is 2.42. The maximum Gasteiger partial charge on any atom is 0.308 e. The number of hydrogen-bond acceptors (Lipinski definition) is 4. The quantitative estimate of drug-likeness (QED) is 0.247. The van der Waals surface area contributed by atoms with Crippen molar-refractivity contribution in [2.24, 2.45) is 16.5 Å². The normalized spacial score (nSPS) is 9.95. The number of carbonyl (C=O) groups is 1. The molecule has 0 aliphatic rings. The van der Waals surface area contributed by atoms with E-state index in [0.29, 0.717) is 25.5 Å². The lowest BCUT2D eigenvalue weighted by Gasteiger charge is -2.11. The van der Waals surface area contributed by atoms with Crippen LogP contribution in [0.2, 0.25) is 0 Å². The third kappa shape index (κ3) is 6.58. The molecule has 0 saturated carbocycles. The van der Waals surface area contributed by atoms with Crippen LogP contribution in [0.3, 0.4) is 0 Å². The van der Waals surface area contributed by atoms with Crippen LogP contribution in [0.5, 0.6) is 5.75 Å². The van der Waals surface area contributed by atoms with Crippen molar-refractivity contribution in [3.8, 4) is 5.75 Å². The molecule has 0 unspecified atom stereocenters. The first kappa shape index (κ1) is 16.7. The minimum absolute atomic E-state index is 0.0784. The van der Waals surface area contributed by atoms with E-state index in [1.165, 1.54) is 6.92 Å². The van der Waals surface area contributed by atoms with Gasteiger partial charge in [-0.15, -0.1) is 0 Å². The van der Waals surface area contributed by atoms with Crippen molar-refractivity contribution in [2.45, 2.75) is 13.3 Å². The molecule has 21 heavy (non-hydrogen) atoms. The highest BCUT2D eigenvalue weighted by atomic mass is 16.5. The van der Waals surface area contributed by atoms with Gasteiger partial charge in [0.2, 0.25) is 0 Å². The Labute approximate surface area is 124 Å². The van der Waals surface area contributed by atoms with E-state index in [9.17, 15) is 4.79 Å². The van der Waals surface area contributed by atoms with E-state index in [1.54, 1.807) is 12.1 Å². The number of aliphatic imine (C=N–C) groups is 1. The van der Waals surface area contributed by atoms with Crippen molar-refractivity contribution in [3.05, 3.63) is 36.4 Å². The monoisotopic (exact) mass is 291 g/mol. The van der Waals surface area contributed by atoms with E-state index >= 15 is 0 Å². The number of guanidine groups is 1. The predicted octanol–water partition coefficient (Wildman–Crippen LogP) is 1.31. The lowest BCUT2D eigenvalue weighted by Crippen LogP contribution is -2.23. The molecule has 0 bridgehead atoms. The summed E-state index contributed by atoms with van der Waals surface area (Å²) in [5, 5.41) is 0. The Morgan fingerprint density at radius 1 is 1.33 bits per heavy atom. The Kier molecular flexibility index (Phi) is 6.97. The first-order valence-electron chi connectivity index (χ1n) is 6.59. The number of benzene rings is 1. The number of esters is 1. The Balaban J connectivity index is 2.45. The molecule has 0 fully saturated rings. The fraction of sp³-hybridized carbons (Fsp3) is 0.333.